The fraction of sp³-hybridized carbons (Fsp3) is 0.190. The number of halogens is 1. The van der Waals surface area contributed by atoms with Crippen LogP contribution in [-0.2, 0) is 11.3 Å². The van der Waals surface area contributed by atoms with Crippen LogP contribution in [0.3, 0.4) is 0 Å². The van der Waals surface area contributed by atoms with Gasteiger partial charge in [-0.25, -0.2) is 0 Å². The number of para-hydroxylation sites is 1. The van der Waals surface area contributed by atoms with Gasteiger partial charge in [-0.15, -0.1) is 0 Å². The maximum Gasteiger partial charge on any atom is 0.227 e. The highest BCUT2D eigenvalue weighted by Crippen LogP contribution is 2.25. The molecule has 2 aromatic carbocycles. The molecular weight excluding hydrogens is 360 g/mol. The first-order valence-electron chi connectivity index (χ1n) is 8.53. The molecule has 0 bridgehead atoms. The number of aromatic nitrogens is 2. The Morgan fingerprint density at radius 3 is 2.81 bits per heavy atom. The van der Waals surface area contributed by atoms with E-state index in [1.54, 1.807) is 30.3 Å². The number of rotatable bonds is 6. The van der Waals surface area contributed by atoms with E-state index in [-0.39, 0.29) is 5.91 Å². The van der Waals surface area contributed by atoms with E-state index >= 15 is 0 Å². The molecule has 1 amide bonds. The van der Waals surface area contributed by atoms with Crippen LogP contribution >= 0.6 is 11.6 Å². The summed E-state index contributed by atoms with van der Waals surface area (Å²) in [7, 11) is 1.72. The molecule has 6 heteroatoms. The third kappa shape index (κ3) is 4.18. The average Bonchev–Trinajstić information content (AvgIpc) is 3.07. The predicted octanol–water partition coefficient (Wildman–Crippen LogP) is 4.56. The smallest absolute Gasteiger partial charge is 0.227 e. The Bertz CT molecular complexity index is 1050. The summed E-state index contributed by atoms with van der Waals surface area (Å²) in [5.74, 6) is -0.0202. The Kier molecular flexibility index (Phi) is 5.58. The summed E-state index contributed by atoms with van der Waals surface area (Å²) < 4.78 is 1.83. The fourth-order valence-corrected chi connectivity index (χ4v) is 3.15. The minimum atomic E-state index is -0.0202. The molecule has 0 N–H and O–H groups in total. The fourth-order valence-electron chi connectivity index (χ4n) is 2.88. The maximum atomic E-state index is 12.5. The summed E-state index contributed by atoms with van der Waals surface area (Å²) in [5, 5.41) is 14.8. The zero-order valence-electron chi connectivity index (χ0n) is 15.0. The molecule has 0 aliphatic rings. The van der Waals surface area contributed by atoms with Crippen LogP contribution in [0.25, 0.3) is 10.9 Å². The van der Waals surface area contributed by atoms with Gasteiger partial charge in [-0.2, -0.15) is 10.4 Å². The Hall–Kier alpha value is -3.10. The van der Waals surface area contributed by atoms with Crippen molar-refractivity contribution in [2.24, 2.45) is 0 Å². The highest BCUT2D eigenvalue weighted by atomic mass is 35.5. The van der Waals surface area contributed by atoms with Crippen LogP contribution in [0.15, 0.2) is 60.8 Å². The molecule has 0 spiro atoms. The molecule has 0 fully saturated rings. The van der Waals surface area contributed by atoms with Crippen molar-refractivity contribution < 1.29 is 4.79 Å². The van der Waals surface area contributed by atoms with E-state index in [1.807, 2.05) is 35.0 Å². The second-order valence-corrected chi connectivity index (χ2v) is 6.75. The standard InChI is InChI=1S/C21H19ClN4O/c1-15(7-10-21(27)25(2)20-6-4-3-5-18(20)22)14-26-19-9-8-16(12-23)11-17(19)13-24-26/h3-6,8-9,11,13H,1,7,10,14H2,2H3. The van der Waals surface area contributed by atoms with Crippen molar-refractivity contribution in [3.05, 3.63) is 71.4 Å². The maximum absolute atomic E-state index is 12.5. The van der Waals surface area contributed by atoms with Crippen molar-refractivity contribution in [1.29, 1.82) is 5.26 Å². The lowest BCUT2D eigenvalue weighted by Gasteiger charge is -2.19. The van der Waals surface area contributed by atoms with Gasteiger partial charge in [0.25, 0.3) is 0 Å². The first kappa shape index (κ1) is 18.7. The summed E-state index contributed by atoms with van der Waals surface area (Å²) in [6.07, 6.45) is 2.64. The van der Waals surface area contributed by atoms with Gasteiger partial charge in [0.15, 0.2) is 0 Å². The van der Waals surface area contributed by atoms with Crippen LogP contribution in [0.4, 0.5) is 5.69 Å². The van der Waals surface area contributed by atoms with Crippen molar-refractivity contribution in [2.75, 3.05) is 11.9 Å². The molecule has 1 aromatic heterocycles. The van der Waals surface area contributed by atoms with Gasteiger partial charge in [0.05, 0.1) is 40.6 Å². The van der Waals surface area contributed by atoms with Gasteiger partial charge in [-0.1, -0.05) is 35.9 Å². The minimum Gasteiger partial charge on any atom is -0.314 e. The van der Waals surface area contributed by atoms with E-state index in [1.165, 1.54) is 0 Å². The lowest BCUT2D eigenvalue weighted by atomic mass is 10.1. The average molecular weight is 379 g/mol. The summed E-state index contributed by atoms with van der Waals surface area (Å²) in [5.41, 5.74) is 3.15. The van der Waals surface area contributed by atoms with Gasteiger partial charge in [0, 0.05) is 18.9 Å². The number of allylic oxidation sites excluding steroid dienone is 1. The van der Waals surface area contributed by atoms with Crippen molar-refractivity contribution in [3.8, 4) is 6.07 Å². The molecule has 3 aromatic rings. The molecule has 0 aliphatic heterocycles. The quantitative estimate of drug-likeness (QED) is 0.590. The van der Waals surface area contributed by atoms with Gasteiger partial charge in [0.1, 0.15) is 0 Å². The second kappa shape index (κ2) is 8.07. The zero-order chi connectivity index (χ0) is 19.4. The normalized spacial score (nSPS) is 10.6. The number of hydrogen-bond acceptors (Lipinski definition) is 3. The molecule has 0 unspecified atom stereocenters. The topological polar surface area (TPSA) is 61.9 Å². The summed E-state index contributed by atoms with van der Waals surface area (Å²) >= 11 is 6.15. The number of anilines is 1. The molecule has 136 valence electrons. The molecular formula is C21H19ClN4O. The van der Waals surface area contributed by atoms with Crippen molar-refractivity contribution in [1.82, 2.24) is 9.78 Å². The number of nitriles is 1. The van der Waals surface area contributed by atoms with Crippen LogP contribution < -0.4 is 4.90 Å². The van der Waals surface area contributed by atoms with E-state index in [2.05, 4.69) is 17.7 Å². The molecule has 27 heavy (non-hydrogen) atoms. The number of carbonyl (C=O) groups is 1. The third-order valence-electron chi connectivity index (χ3n) is 4.42. The van der Waals surface area contributed by atoms with Gasteiger partial charge in [-0.05, 0) is 36.8 Å². The van der Waals surface area contributed by atoms with E-state index in [9.17, 15) is 4.79 Å². The number of amides is 1. The summed E-state index contributed by atoms with van der Waals surface area (Å²) in [6, 6.07) is 14.9. The first-order chi connectivity index (χ1) is 13.0. The largest absolute Gasteiger partial charge is 0.314 e. The molecule has 0 aliphatic carbocycles. The van der Waals surface area contributed by atoms with Crippen LogP contribution in [0.1, 0.15) is 18.4 Å². The number of hydrogen-bond donors (Lipinski definition) is 0. The van der Waals surface area contributed by atoms with Crippen LogP contribution in [0.2, 0.25) is 5.02 Å². The number of carbonyl (C=O) groups excluding carboxylic acids is 1. The molecule has 1 heterocycles. The highest BCUT2D eigenvalue weighted by Gasteiger charge is 2.14. The highest BCUT2D eigenvalue weighted by molar-refractivity contribution is 6.33. The molecule has 3 rings (SSSR count). The van der Waals surface area contributed by atoms with E-state index in [0.29, 0.717) is 35.7 Å². The van der Waals surface area contributed by atoms with Crippen LogP contribution in [0, 0.1) is 11.3 Å². The predicted molar refractivity (Wildman–Crippen MR) is 108 cm³/mol. The van der Waals surface area contributed by atoms with Gasteiger partial charge in [0.2, 0.25) is 5.91 Å². The summed E-state index contributed by atoms with van der Waals surface area (Å²) in [6.45, 7) is 4.61. The Balaban J connectivity index is 1.61. The Labute approximate surface area is 163 Å². The van der Waals surface area contributed by atoms with Gasteiger partial charge in [-0.3, -0.25) is 9.48 Å². The number of fused-ring (bicyclic) bond motifs is 1. The lowest BCUT2D eigenvalue weighted by Crippen LogP contribution is -2.26. The van der Waals surface area contributed by atoms with Crippen molar-refractivity contribution in [3.63, 3.8) is 0 Å². The minimum absolute atomic E-state index is 0.0202. The molecule has 0 saturated carbocycles. The number of benzene rings is 2. The van der Waals surface area contributed by atoms with Crippen LogP contribution in [-0.4, -0.2) is 22.7 Å². The SMILES string of the molecule is C=C(CCC(=O)N(C)c1ccccc1Cl)Cn1ncc2cc(C#N)ccc21. The van der Waals surface area contributed by atoms with E-state index in [4.69, 9.17) is 16.9 Å². The number of nitrogens with zero attached hydrogens (tertiary/aromatic N) is 4. The zero-order valence-corrected chi connectivity index (χ0v) is 15.8. The lowest BCUT2D eigenvalue weighted by molar-refractivity contribution is -0.118. The van der Waals surface area contributed by atoms with Crippen molar-refractivity contribution in [2.45, 2.75) is 19.4 Å². The van der Waals surface area contributed by atoms with Gasteiger partial charge < -0.3 is 4.90 Å². The Morgan fingerprint density at radius 1 is 1.30 bits per heavy atom. The second-order valence-electron chi connectivity index (χ2n) is 6.34. The monoisotopic (exact) mass is 378 g/mol. The van der Waals surface area contributed by atoms with Crippen LogP contribution in [0.5, 0.6) is 0 Å². The first-order valence-corrected chi connectivity index (χ1v) is 8.91. The van der Waals surface area contributed by atoms with E-state index in [0.717, 1.165) is 16.5 Å². The summed E-state index contributed by atoms with van der Waals surface area (Å²) in [4.78, 5) is 14.0. The molecule has 0 atom stereocenters. The van der Waals surface area contributed by atoms with Gasteiger partial charge >= 0.3 is 0 Å². The molecule has 5 nitrogen and oxygen atoms in total. The molecule has 0 radical (unpaired) electrons. The third-order valence-corrected chi connectivity index (χ3v) is 4.74. The Morgan fingerprint density at radius 2 is 2.07 bits per heavy atom. The van der Waals surface area contributed by atoms with Crippen molar-refractivity contribution >= 4 is 34.1 Å². The molecule has 0 saturated heterocycles. The van der Waals surface area contributed by atoms with E-state index < -0.39 is 0 Å².